The number of pyridine rings is 1. The fourth-order valence-electron chi connectivity index (χ4n) is 5.60. The van der Waals surface area contributed by atoms with Crippen molar-refractivity contribution in [2.75, 3.05) is 13.6 Å². The highest BCUT2D eigenvalue weighted by Crippen LogP contribution is 2.38. The minimum absolute atomic E-state index is 0.0427. The van der Waals surface area contributed by atoms with Crippen LogP contribution >= 0.6 is 11.3 Å². The van der Waals surface area contributed by atoms with Gasteiger partial charge in [0, 0.05) is 23.5 Å². The Morgan fingerprint density at radius 2 is 1.89 bits per heavy atom. The molecule has 2 aliphatic rings. The van der Waals surface area contributed by atoms with Crippen molar-refractivity contribution < 1.29 is 9.59 Å². The van der Waals surface area contributed by atoms with Gasteiger partial charge in [0.15, 0.2) is 0 Å². The van der Waals surface area contributed by atoms with Gasteiger partial charge < -0.3 is 15.5 Å². The zero-order chi connectivity index (χ0) is 25.1. The number of hydrogen-bond donors (Lipinski definition) is 2. The molecule has 0 bridgehead atoms. The Balaban J connectivity index is 1.40. The van der Waals surface area contributed by atoms with E-state index < -0.39 is 6.04 Å². The predicted octanol–water partition coefficient (Wildman–Crippen LogP) is 4.69. The number of likely N-dealkylation sites (N-methyl/N-ethyl adjacent to an activating group) is 1. The molecule has 1 saturated carbocycles. The average Bonchev–Trinajstić information content (AvgIpc) is 3.61. The molecule has 3 heterocycles. The summed E-state index contributed by atoms with van der Waals surface area (Å²) in [7, 11) is 1.77. The quantitative estimate of drug-likeness (QED) is 0.486. The van der Waals surface area contributed by atoms with Crippen LogP contribution in [0.25, 0.3) is 22.2 Å². The number of carbonyl (C=O) groups is 2. The molecule has 0 unspecified atom stereocenters. The second-order valence-corrected chi connectivity index (χ2v) is 10.9. The van der Waals surface area contributed by atoms with Crippen LogP contribution in [0.5, 0.6) is 0 Å². The molecule has 3 atom stereocenters. The normalized spacial score (nSPS) is 20.4. The van der Waals surface area contributed by atoms with Crippen LogP contribution < -0.4 is 10.6 Å². The molecule has 1 aliphatic heterocycles. The maximum Gasteiger partial charge on any atom is 0.246 e. The molecule has 7 nitrogen and oxygen atoms in total. The first-order valence-electron chi connectivity index (χ1n) is 13.1. The standard InChI is InChI=1S/C28H35N5O2S/c1-18(29-2)26(34)32-24(20-10-4-3-5-11-20)28(35)33-16-8-13-23(33)27-31-22(17-36-27)25-21-12-7-6-9-19(21)14-15-30-25/h6-7,9,12,14-15,17-18,20,23-24,29H,3-5,8,10-11,13,16H2,1-2H3,(H,32,34)/t18-,23-,24-/m0/s1. The number of carbonyl (C=O) groups excluding carboxylic acids is 2. The van der Waals surface area contributed by atoms with Crippen LogP contribution in [0.2, 0.25) is 0 Å². The summed E-state index contributed by atoms with van der Waals surface area (Å²) >= 11 is 1.60. The van der Waals surface area contributed by atoms with Crippen LogP contribution in [0, 0.1) is 5.92 Å². The number of aromatic nitrogens is 2. The Morgan fingerprint density at radius 1 is 1.08 bits per heavy atom. The summed E-state index contributed by atoms with van der Waals surface area (Å²) in [5.74, 6) is 0.115. The highest BCUT2D eigenvalue weighted by molar-refractivity contribution is 7.10. The molecular weight excluding hydrogens is 470 g/mol. The van der Waals surface area contributed by atoms with Crippen molar-refractivity contribution in [2.24, 2.45) is 5.92 Å². The van der Waals surface area contributed by atoms with Gasteiger partial charge in [-0.15, -0.1) is 11.3 Å². The maximum absolute atomic E-state index is 14.0. The van der Waals surface area contributed by atoms with Crippen molar-refractivity contribution in [1.29, 1.82) is 0 Å². The van der Waals surface area contributed by atoms with Crippen molar-refractivity contribution in [3.63, 3.8) is 0 Å². The summed E-state index contributed by atoms with van der Waals surface area (Å²) in [4.78, 5) is 38.4. The predicted molar refractivity (Wildman–Crippen MR) is 144 cm³/mol. The maximum atomic E-state index is 14.0. The summed E-state index contributed by atoms with van der Waals surface area (Å²) in [5.41, 5.74) is 1.73. The zero-order valence-corrected chi connectivity index (χ0v) is 21.9. The lowest BCUT2D eigenvalue weighted by Gasteiger charge is -2.35. The molecule has 0 radical (unpaired) electrons. The van der Waals surface area contributed by atoms with Crippen LogP contribution in [-0.2, 0) is 9.59 Å². The van der Waals surface area contributed by atoms with Gasteiger partial charge in [0.05, 0.1) is 17.8 Å². The van der Waals surface area contributed by atoms with Gasteiger partial charge in [0.1, 0.15) is 16.7 Å². The lowest BCUT2D eigenvalue weighted by Crippen LogP contribution is -2.55. The van der Waals surface area contributed by atoms with Gasteiger partial charge >= 0.3 is 0 Å². The average molecular weight is 506 g/mol. The van der Waals surface area contributed by atoms with Gasteiger partial charge in [0.25, 0.3) is 0 Å². The molecule has 2 aromatic heterocycles. The van der Waals surface area contributed by atoms with Crippen molar-refractivity contribution in [3.8, 4) is 11.4 Å². The van der Waals surface area contributed by atoms with Crippen molar-refractivity contribution >= 4 is 33.9 Å². The lowest BCUT2D eigenvalue weighted by molar-refractivity contribution is -0.139. The summed E-state index contributed by atoms with van der Waals surface area (Å²) < 4.78 is 0. The Bertz CT molecular complexity index is 1220. The topological polar surface area (TPSA) is 87.2 Å². The molecule has 36 heavy (non-hydrogen) atoms. The van der Waals surface area contributed by atoms with E-state index in [0.29, 0.717) is 6.54 Å². The van der Waals surface area contributed by atoms with Crippen LogP contribution in [-0.4, -0.2) is 52.4 Å². The van der Waals surface area contributed by atoms with Crippen LogP contribution in [0.15, 0.2) is 41.9 Å². The van der Waals surface area contributed by atoms with Crippen molar-refractivity contribution in [1.82, 2.24) is 25.5 Å². The van der Waals surface area contributed by atoms with Crippen LogP contribution in [0.4, 0.5) is 0 Å². The molecule has 190 valence electrons. The molecule has 1 aliphatic carbocycles. The fraction of sp³-hybridized carbons (Fsp3) is 0.500. The van der Waals surface area contributed by atoms with E-state index in [9.17, 15) is 9.59 Å². The first-order chi connectivity index (χ1) is 17.6. The highest BCUT2D eigenvalue weighted by Gasteiger charge is 2.40. The Morgan fingerprint density at radius 3 is 2.69 bits per heavy atom. The third kappa shape index (κ3) is 5.02. The minimum Gasteiger partial charge on any atom is -0.343 e. The van der Waals surface area contributed by atoms with Crippen LogP contribution in [0.3, 0.4) is 0 Å². The van der Waals surface area contributed by atoms with Crippen molar-refractivity contribution in [2.45, 2.75) is 70.0 Å². The number of fused-ring (bicyclic) bond motifs is 1. The molecule has 2 N–H and O–H groups in total. The molecule has 0 spiro atoms. The molecule has 2 amide bonds. The number of rotatable bonds is 7. The second-order valence-electron chi connectivity index (χ2n) is 10.0. The largest absolute Gasteiger partial charge is 0.343 e. The number of benzene rings is 1. The third-order valence-electron chi connectivity index (χ3n) is 7.77. The second kappa shape index (κ2) is 11.0. The highest BCUT2D eigenvalue weighted by atomic mass is 32.1. The number of likely N-dealkylation sites (tertiary alicyclic amines) is 1. The van der Waals surface area contributed by atoms with Crippen LogP contribution in [0.1, 0.15) is 62.9 Å². The number of thiazole rings is 1. The van der Waals surface area contributed by atoms with E-state index in [1.807, 2.05) is 36.2 Å². The van der Waals surface area contributed by atoms with E-state index in [2.05, 4.69) is 33.1 Å². The van der Waals surface area contributed by atoms with E-state index in [-0.39, 0.29) is 29.8 Å². The molecule has 3 aromatic rings. The van der Waals surface area contributed by atoms with E-state index in [1.54, 1.807) is 18.4 Å². The minimum atomic E-state index is -0.478. The zero-order valence-electron chi connectivity index (χ0n) is 21.1. The number of nitrogens with one attached hydrogen (secondary N) is 2. The summed E-state index contributed by atoms with van der Waals surface area (Å²) in [6.45, 7) is 2.53. The Hall–Kier alpha value is -2.84. The van der Waals surface area contributed by atoms with E-state index in [4.69, 9.17) is 4.98 Å². The summed E-state index contributed by atoms with van der Waals surface area (Å²) in [6, 6.07) is 9.34. The van der Waals surface area contributed by atoms with E-state index in [1.165, 1.54) is 6.42 Å². The van der Waals surface area contributed by atoms with Gasteiger partial charge in [-0.25, -0.2) is 4.98 Å². The fourth-order valence-corrected chi connectivity index (χ4v) is 6.55. The smallest absolute Gasteiger partial charge is 0.246 e. The van der Waals surface area contributed by atoms with E-state index in [0.717, 1.165) is 65.7 Å². The number of hydrogen-bond acceptors (Lipinski definition) is 6. The molecule has 1 saturated heterocycles. The summed E-state index contributed by atoms with van der Waals surface area (Å²) in [6.07, 6.45) is 9.05. The monoisotopic (exact) mass is 505 g/mol. The molecule has 1 aromatic carbocycles. The Labute approximate surface area is 216 Å². The molecule has 2 fully saturated rings. The van der Waals surface area contributed by atoms with Gasteiger partial charge in [-0.3, -0.25) is 14.6 Å². The van der Waals surface area contributed by atoms with Gasteiger partial charge in [-0.2, -0.15) is 0 Å². The van der Waals surface area contributed by atoms with Gasteiger partial charge in [-0.1, -0.05) is 43.5 Å². The third-order valence-corrected chi connectivity index (χ3v) is 8.72. The molecule has 5 rings (SSSR count). The van der Waals surface area contributed by atoms with Gasteiger partial charge in [-0.05, 0) is 57.0 Å². The van der Waals surface area contributed by atoms with Crippen molar-refractivity contribution in [3.05, 3.63) is 46.9 Å². The SMILES string of the molecule is CN[C@@H](C)C(=O)N[C@H](C(=O)N1CCC[C@H]1c1nc(-c2nccc3ccccc23)cs1)C1CCCCC1. The number of amides is 2. The van der Waals surface area contributed by atoms with E-state index >= 15 is 0 Å². The lowest BCUT2D eigenvalue weighted by atomic mass is 9.83. The van der Waals surface area contributed by atoms with Gasteiger partial charge in [0.2, 0.25) is 11.8 Å². The number of nitrogens with zero attached hydrogens (tertiary/aromatic N) is 3. The first-order valence-corrected chi connectivity index (χ1v) is 14.0. The molecule has 8 heteroatoms. The molecular formula is C28H35N5O2S. The summed E-state index contributed by atoms with van der Waals surface area (Å²) in [5, 5.41) is 11.3. The Kier molecular flexibility index (Phi) is 7.62. The first kappa shape index (κ1) is 24.8.